The fourth-order valence-corrected chi connectivity index (χ4v) is 2.33. The summed E-state index contributed by atoms with van der Waals surface area (Å²) >= 11 is 0. The smallest absolute Gasteiger partial charge is 0.0622 e. The molecule has 0 aliphatic heterocycles. The maximum absolute atomic E-state index is 8.51. The van der Waals surface area contributed by atoms with E-state index in [-0.39, 0.29) is 58.4 Å². The molecule has 0 unspecified atom stereocenters. The minimum atomic E-state index is -0.474. The Bertz CT molecular complexity index is 1110. The Kier molecular flexibility index (Phi) is 2.09. The van der Waals surface area contributed by atoms with Crippen molar-refractivity contribution in [2.45, 2.75) is 33.1 Å². The van der Waals surface area contributed by atoms with E-state index in [1.165, 1.54) is 0 Å². The molecule has 0 radical (unpaired) electrons. The van der Waals surface area contributed by atoms with Crippen LogP contribution in [-0.2, 0) is 5.41 Å². The van der Waals surface area contributed by atoms with Crippen LogP contribution in [0, 0.1) is 6.92 Å². The van der Waals surface area contributed by atoms with Gasteiger partial charge in [0, 0.05) is 0 Å². The lowest BCUT2D eigenvalue weighted by molar-refractivity contribution is 0.590. The highest BCUT2D eigenvalue weighted by Gasteiger charge is 2.16. The Morgan fingerprint density at radius 3 is 1.96 bits per heavy atom. The molecule has 0 spiro atoms. The van der Waals surface area contributed by atoms with Gasteiger partial charge in [-0.2, -0.15) is 0 Å². The highest BCUT2D eigenvalue weighted by atomic mass is 14.2. The van der Waals surface area contributed by atoms with Crippen LogP contribution in [0.2, 0.25) is 0 Å². The summed E-state index contributed by atoms with van der Waals surface area (Å²) in [6.45, 7) is 7.47. The molecular formula is C23H24. The molecule has 0 saturated carbocycles. The normalized spacial score (nSPS) is 17.0. The summed E-state index contributed by atoms with van der Waals surface area (Å²) < 4.78 is 73.6. The monoisotopic (exact) mass is 309 g/mol. The first-order valence-electron chi connectivity index (χ1n) is 12.0. The Balaban J connectivity index is 2.47. The molecule has 0 heteroatoms. The van der Waals surface area contributed by atoms with Crippen LogP contribution in [0.25, 0.3) is 22.3 Å². The molecule has 23 heavy (non-hydrogen) atoms. The molecule has 0 atom stereocenters. The highest BCUT2D eigenvalue weighted by Crippen LogP contribution is 2.33. The molecule has 3 aromatic carbocycles. The number of hydrogen-bond donors (Lipinski definition) is 0. The summed E-state index contributed by atoms with van der Waals surface area (Å²) in [7, 11) is 0. The average molecular weight is 309 g/mol. The average Bonchev–Trinajstić information content (AvgIpc) is 2.73. The summed E-state index contributed by atoms with van der Waals surface area (Å²) in [5.74, 6) is 0. The first kappa shape index (κ1) is 7.97. The quantitative estimate of drug-likeness (QED) is 0.498. The zero-order valence-corrected chi connectivity index (χ0v) is 13.7. The van der Waals surface area contributed by atoms with Crippen LogP contribution in [0.15, 0.2) is 72.6 Å². The van der Waals surface area contributed by atoms with Crippen molar-refractivity contribution in [3.8, 4) is 22.3 Å². The lowest BCUT2D eigenvalue weighted by atomic mass is 9.83. The lowest BCUT2D eigenvalue weighted by Crippen LogP contribution is -2.11. The summed E-state index contributed by atoms with van der Waals surface area (Å²) in [6, 6.07) is 2.43. The van der Waals surface area contributed by atoms with Gasteiger partial charge < -0.3 is 0 Å². The van der Waals surface area contributed by atoms with E-state index in [0.29, 0.717) is 11.1 Å². The number of hydrogen-bond acceptors (Lipinski definition) is 0. The molecule has 0 N–H and O–H groups in total. The van der Waals surface area contributed by atoms with E-state index in [0.717, 1.165) is 5.56 Å². The first-order valence-corrected chi connectivity index (χ1v) is 7.48. The third-order valence-electron chi connectivity index (χ3n) is 3.63. The molecule has 0 heterocycles. The van der Waals surface area contributed by atoms with Crippen LogP contribution < -0.4 is 0 Å². The van der Waals surface area contributed by atoms with Gasteiger partial charge in [-0.3, -0.25) is 0 Å². The van der Waals surface area contributed by atoms with E-state index in [2.05, 4.69) is 0 Å². The second-order valence-electron chi connectivity index (χ2n) is 6.55. The minimum Gasteiger partial charge on any atom is -0.0622 e. The van der Waals surface area contributed by atoms with E-state index in [9.17, 15) is 0 Å². The molecule has 0 nitrogen and oxygen atoms in total. The van der Waals surface area contributed by atoms with Gasteiger partial charge in [0.2, 0.25) is 0 Å². The Labute approximate surface area is 152 Å². The van der Waals surface area contributed by atoms with Crippen molar-refractivity contribution in [2.75, 3.05) is 0 Å². The van der Waals surface area contributed by atoms with Gasteiger partial charge >= 0.3 is 0 Å². The van der Waals surface area contributed by atoms with Gasteiger partial charge in [0.15, 0.2) is 0 Å². The van der Waals surface area contributed by atoms with Gasteiger partial charge in [-0.25, -0.2) is 0 Å². The fraction of sp³-hybridized carbons (Fsp3) is 0.217. The van der Waals surface area contributed by atoms with E-state index < -0.39 is 18.1 Å². The van der Waals surface area contributed by atoms with Crippen molar-refractivity contribution in [1.82, 2.24) is 0 Å². The maximum atomic E-state index is 8.51. The predicted molar refractivity (Wildman–Crippen MR) is 101 cm³/mol. The van der Waals surface area contributed by atoms with Crippen LogP contribution in [0.3, 0.4) is 0 Å². The summed E-state index contributed by atoms with van der Waals surface area (Å²) in [5.41, 5.74) is 1.73. The maximum Gasteiger partial charge on any atom is 0.0632 e. The van der Waals surface area contributed by atoms with Crippen molar-refractivity contribution < 1.29 is 12.3 Å². The number of benzene rings is 3. The van der Waals surface area contributed by atoms with Crippen LogP contribution in [0.4, 0.5) is 0 Å². The van der Waals surface area contributed by atoms with Gasteiger partial charge in [0.1, 0.15) is 0 Å². The fourth-order valence-electron chi connectivity index (χ4n) is 2.33. The van der Waals surface area contributed by atoms with E-state index >= 15 is 0 Å². The van der Waals surface area contributed by atoms with Crippen molar-refractivity contribution >= 4 is 0 Å². The predicted octanol–water partition coefficient (Wildman–Crippen LogP) is 6.63. The summed E-state index contributed by atoms with van der Waals surface area (Å²) in [5, 5.41) is 0. The number of rotatable bonds is 2. The van der Waals surface area contributed by atoms with Crippen LogP contribution in [-0.4, -0.2) is 0 Å². The van der Waals surface area contributed by atoms with Gasteiger partial charge in [0.05, 0.1) is 12.3 Å². The SMILES string of the molecule is [2H]c1c([2H])c([2H])c(-c2cc(-c3c([2H])c([2H])c([2H])c(C)c3[2H])cc(C(C)(C)C)c2)c([2H])c1[2H]. The molecule has 116 valence electrons. The van der Waals surface area contributed by atoms with Gasteiger partial charge in [-0.1, -0.05) is 92.8 Å². The standard InChI is InChI=1S/C23H24/c1-17-9-8-12-19(13-17)21-14-20(18-10-6-5-7-11-18)15-22(16-21)23(2,3)4/h5-16H,1-4H3/i5D,6D,7D,8D,9D,10D,11D,12D,13D. The molecular weight excluding hydrogens is 276 g/mol. The third kappa shape index (κ3) is 3.53. The third-order valence-corrected chi connectivity index (χ3v) is 3.63. The van der Waals surface area contributed by atoms with Crippen molar-refractivity contribution in [1.29, 1.82) is 0 Å². The van der Waals surface area contributed by atoms with Crippen molar-refractivity contribution in [2.24, 2.45) is 0 Å². The Hall–Kier alpha value is -2.34. The molecule has 0 aliphatic rings. The van der Waals surface area contributed by atoms with Crippen LogP contribution in [0.1, 0.15) is 44.2 Å². The van der Waals surface area contributed by atoms with Crippen LogP contribution in [0.5, 0.6) is 0 Å². The molecule has 0 amide bonds. The van der Waals surface area contributed by atoms with Gasteiger partial charge in [-0.05, 0) is 46.2 Å². The Morgan fingerprint density at radius 1 is 0.696 bits per heavy atom. The Morgan fingerprint density at radius 2 is 1.30 bits per heavy atom. The van der Waals surface area contributed by atoms with Crippen molar-refractivity contribution in [3.63, 3.8) is 0 Å². The second kappa shape index (κ2) is 6.04. The molecule has 3 rings (SSSR count). The minimum absolute atomic E-state index is 0.0333. The largest absolute Gasteiger partial charge is 0.0632 e. The van der Waals surface area contributed by atoms with E-state index in [1.807, 2.05) is 20.8 Å². The summed E-state index contributed by atoms with van der Waals surface area (Å²) in [4.78, 5) is 0. The highest BCUT2D eigenvalue weighted by molar-refractivity contribution is 5.74. The molecule has 0 aromatic heterocycles. The lowest BCUT2D eigenvalue weighted by Gasteiger charge is -2.22. The van der Waals surface area contributed by atoms with E-state index in [4.69, 9.17) is 12.3 Å². The first-order chi connectivity index (χ1) is 14.7. The zero-order valence-electron chi connectivity index (χ0n) is 22.7. The molecule has 3 aromatic rings. The zero-order chi connectivity index (χ0) is 24.3. The molecule has 0 bridgehead atoms. The van der Waals surface area contributed by atoms with E-state index in [1.54, 1.807) is 25.1 Å². The summed E-state index contributed by atoms with van der Waals surface area (Å²) in [6.07, 6.45) is 0. The van der Waals surface area contributed by atoms with Crippen molar-refractivity contribution in [3.05, 3.63) is 83.7 Å². The van der Waals surface area contributed by atoms with Gasteiger partial charge in [-0.15, -0.1) is 0 Å². The molecule has 0 saturated heterocycles. The molecule has 0 fully saturated rings. The van der Waals surface area contributed by atoms with Gasteiger partial charge in [0.25, 0.3) is 0 Å². The second-order valence-corrected chi connectivity index (χ2v) is 6.55. The topological polar surface area (TPSA) is 0 Å². The molecule has 0 aliphatic carbocycles. The van der Waals surface area contributed by atoms with Crippen LogP contribution >= 0.6 is 0 Å².